The van der Waals surface area contributed by atoms with Crippen molar-refractivity contribution < 1.29 is 0 Å². The molecule has 0 aliphatic rings. The van der Waals surface area contributed by atoms with Gasteiger partial charge in [0.2, 0.25) is 0 Å². The molecule has 1 atom stereocenters. The van der Waals surface area contributed by atoms with Crippen LogP contribution in [0.2, 0.25) is 0 Å². The Labute approximate surface area is 131 Å². The Kier molecular flexibility index (Phi) is 6.89. The number of hydrogen-bond donors (Lipinski definition) is 1. The number of nitrogens with one attached hydrogen (secondary N) is 1. The molecule has 0 bridgehead atoms. The zero-order valence-corrected chi connectivity index (χ0v) is 15.0. The molecule has 1 aromatic carbocycles. The van der Waals surface area contributed by atoms with Gasteiger partial charge in [-0.2, -0.15) is 0 Å². The van der Waals surface area contributed by atoms with Gasteiger partial charge in [-0.1, -0.05) is 44.2 Å². The van der Waals surface area contributed by atoms with Crippen molar-refractivity contribution >= 4 is 0 Å². The van der Waals surface area contributed by atoms with E-state index in [0.29, 0.717) is 18.0 Å². The largest absolute Gasteiger partial charge is 0.310 e. The normalized spacial score (nSPS) is 14.2. The molecule has 1 aromatic rings. The first-order valence-corrected chi connectivity index (χ1v) is 8.26. The molecular formula is C19H34N2. The van der Waals surface area contributed by atoms with Crippen LogP contribution in [0.4, 0.5) is 0 Å². The minimum atomic E-state index is 0.146. The van der Waals surface area contributed by atoms with Crippen molar-refractivity contribution in [3.05, 3.63) is 35.9 Å². The maximum Gasteiger partial charge on any atom is 0.0475 e. The van der Waals surface area contributed by atoms with Crippen LogP contribution in [0.1, 0.15) is 60.1 Å². The van der Waals surface area contributed by atoms with Crippen LogP contribution in [-0.4, -0.2) is 29.6 Å². The SMILES string of the molecule is CC(C)CN(C(C)C)C(CNC(C)(C)C)c1ccccc1. The summed E-state index contributed by atoms with van der Waals surface area (Å²) in [5, 5.41) is 3.69. The van der Waals surface area contributed by atoms with E-state index in [1.54, 1.807) is 0 Å². The maximum atomic E-state index is 3.69. The molecule has 0 aliphatic heterocycles. The third kappa shape index (κ3) is 6.62. The minimum absolute atomic E-state index is 0.146. The summed E-state index contributed by atoms with van der Waals surface area (Å²) in [6, 6.07) is 11.9. The lowest BCUT2D eigenvalue weighted by Gasteiger charge is -2.38. The Morgan fingerprint density at radius 1 is 1.00 bits per heavy atom. The molecule has 0 fully saturated rings. The topological polar surface area (TPSA) is 15.3 Å². The Balaban J connectivity index is 2.98. The first-order valence-electron chi connectivity index (χ1n) is 8.26. The highest BCUT2D eigenvalue weighted by atomic mass is 15.2. The van der Waals surface area contributed by atoms with Crippen LogP contribution >= 0.6 is 0 Å². The van der Waals surface area contributed by atoms with Gasteiger partial charge in [-0.05, 0) is 46.1 Å². The van der Waals surface area contributed by atoms with Gasteiger partial charge in [0.15, 0.2) is 0 Å². The summed E-state index contributed by atoms with van der Waals surface area (Å²) in [6.07, 6.45) is 0. The van der Waals surface area contributed by atoms with Crippen molar-refractivity contribution in [2.75, 3.05) is 13.1 Å². The highest BCUT2D eigenvalue weighted by molar-refractivity contribution is 5.20. The second-order valence-corrected chi connectivity index (χ2v) is 7.74. The fourth-order valence-corrected chi connectivity index (χ4v) is 2.62. The van der Waals surface area contributed by atoms with Gasteiger partial charge < -0.3 is 5.32 Å². The van der Waals surface area contributed by atoms with Crippen molar-refractivity contribution in [1.29, 1.82) is 0 Å². The highest BCUT2D eigenvalue weighted by Crippen LogP contribution is 2.24. The van der Waals surface area contributed by atoms with Crippen LogP contribution in [-0.2, 0) is 0 Å². The molecule has 1 N–H and O–H groups in total. The first kappa shape index (κ1) is 18.2. The monoisotopic (exact) mass is 290 g/mol. The van der Waals surface area contributed by atoms with Gasteiger partial charge in [0.1, 0.15) is 0 Å². The molecule has 0 saturated heterocycles. The summed E-state index contributed by atoms with van der Waals surface area (Å²) in [6.45, 7) is 18.0. The van der Waals surface area contributed by atoms with Crippen molar-refractivity contribution in [2.45, 2.75) is 66.1 Å². The quantitative estimate of drug-likeness (QED) is 0.796. The number of hydrogen-bond acceptors (Lipinski definition) is 2. The Morgan fingerprint density at radius 3 is 2.00 bits per heavy atom. The second-order valence-electron chi connectivity index (χ2n) is 7.74. The van der Waals surface area contributed by atoms with Gasteiger partial charge in [-0.25, -0.2) is 0 Å². The molecule has 1 rings (SSSR count). The van der Waals surface area contributed by atoms with Crippen molar-refractivity contribution in [3.63, 3.8) is 0 Å². The van der Waals surface area contributed by atoms with E-state index in [2.05, 4.69) is 89.0 Å². The summed E-state index contributed by atoms with van der Waals surface area (Å²) in [5.74, 6) is 0.674. The van der Waals surface area contributed by atoms with E-state index in [1.807, 2.05) is 0 Å². The molecule has 2 nitrogen and oxygen atoms in total. The van der Waals surface area contributed by atoms with Crippen LogP contribution in [0.5, 0.6) is 0 Å². The average molecular weight is 290 g/mol. The third-order valence-electron chi connectivity index (χ3n) is 3.65. The van der Waals surface area contributed by atoms with Crippen molar-refractivity contribution in [3.8, 4) is 0 Å². The predicted molar refractivity (Wildman–Crippen MR) is 93.6 cm³/mol. The van der Waals surface area contributed by atoms with Gasteiger partial charge >= 0.3 is 0 Å². The Hall–Kier alpha value is -0.860. The van der Waals surface area contributed by atoms with Gasteiger partial charge in [0.25, 0.3) is 0 Å². The van der Waals surface area contributed by atoms with E-state index in [-0.39, 0.29) is 5.54 Å². The number of nitrogens with zero attached hydrogens (tertiary/aromatic N) is 1. The first-order chi connectivity index (χ1) is 9.70. The van der Waals surface area contributed by atoms with Gasteiger partial charge in [-0.3, -0.25) is 4.90 Å². The van der Waals surface area contributed by atoms with Gasteiger partial charge in [-0.15, -0.1) is 0 Å². The molecule has 0 spiro atoms. The standard InChI is InChI=1S/C19H34N2/c1-15(2)14-21(16(3)4)18(13-20-19(5,6)7)17-11-9-8-10-12-17/h8-12,15-16,18,20H,13-14H2,1-7H3. The van der Waals surface area contributed by atoms with E-state index in [1.165, 1.54) is 5.56 Å². The molecule has 1 unspecified atom stereocenters. The summed E-state index contributed by atoms with van der Waals surface area (Å²) in [4.78, 5) is 2.62. The van der Waals surface area contributed by atoms with E-state index in [9.17, 15) is 0 Å². The fourth-order valence-electron chi connectivity index (χ4n) is 2.62. The molecule has 0 amide bonds. The zero-order valence-electron chi connectivity index (χ0n) is 15.0. The van der Waals surface area contributed by atoms with Crippen LogP contribution in [0.3, 0.4) is 0 Å². The third-order valence-corrected chi connectivity index (χ3v) is 3.65. The zero-order chi connectivity index (χ0) is 16.0. The summed E-state index contributed by atoms with van der Waals surface area (Å²) in [5.41, 5.74) is 1.55. The summed E-state index contributed by atoms with van der Waals surface area (Å²) in [7, 11) is 0. The molecule has 0 saturated carbocycles. The molecule has 120 valence electrons. The van der Waals surface area contributed by atoms with E-state index in [0.717, 1.165) is 13.1 Å². The van der Waals surface area contributed by atoms with E-state index >= 15 is 0 Å². The molecule has 0 radical (unpaired) electrons. The molecule has 21 heavy (non-hydrogen) atoms. The molecule has 2 heteroatoms. The van der Waals surface area contributed by atoms with Crippen molar-refractivity contribution in [1.82, 2.24) is 10.2 Å². The fraction of sp³-hybridized carbons (Fsp3) is 0.684. The van der Waals surface area contributed by atoms with Crippen LogP contribution < -0.4 is 5.32 Å². The maximum absolute atomic E-state index is 3.69. The Morgan fingerprint density at radius 2 is 1.57 bits per heavy atom. The number of benzene rings is 1. The van der Waals surface area contributed by atoms with Gasteiger partial charge in [0.05, 0.1) is 0 Å². The molecule has 0 heterocycles. The van der Waals surface area contributed by atoms with E-state index in [4.69, 9.17) is 0 Å². The molecule has 0 aliphatic carbocycles. The van der Waals surface area contributed by atoms with Crippen molar-refractivity contribution in [2.24, 2.45) is 5.92 Å². The van der Waals surface area contributed by atoms with Crippen LogP contribution in [0, 0.1) is 5.92 Å². The summed E-state index contributed by atoms with van der Waals surface area (Å²) >= 11 is 0. The highest BCUT2D eigenvalue weighted by Gasteiger charge is 2.24. The van der Waals surface area contributed by atoms with Gasteiger partial charge in [0, 0.05) is 30.7 Å². The molecular weight excluding hydrogens is 256 g/mol. The van der Waals surface area contributed by atoms with Crippen LogP contribution in [0.25, 0.3) is 0 Å². The lowest BCUT2D eigenvalue weighted by molar-refractivity contribution is 0.126. The van der Waals surface area contributed by atoms with E-state index < -0.39 is 0 Å². The van der Waals surface area contributed by atoms with Crippen LogP contribution in [0.15, 0.2) is 30.3 Å². The number of rotatable bonds is 7. The predicted octanol–water partition coefficient (Wildman–Crippen LogP) is 4.48. The summed E-state index contributed by atoms with van der Waals surface area (Å²) < 4.78 is 0. The second kappa shape index (κ2) is 7.95. The lowest BCUT2D eigenvalue weighted by atomic mass is 10.00. The smallest absolute Gasteiger partial charge is 0.0475 e. The lowest BCUT2D eigenvalue weighted by Crippen LogP contribution is -2.46. The average Bonchev–Trinajstić information content (AvgIpc) is 2.37. The Bertz CT molecular complexity index is 390. The minimum Gasteiger partial charge on any atom is -0.310 e. The molecule has 0 aromatic heterocycles.